The van der Waals surface area contributed by atoms with Crippen LogP contribution in [0, 0.1) is 0 Å². The lowest BCUT2D eigenvalue weighted by molar-refractivity contribution is -0.121. The van der Waals surface area contributed by atoms with E-state index in [1.165, 1.54) is 34.1 Å². The average Bonchev–Trinajstić information content (AvgIpc) is 4.22. The highest BCUT2D eigenvalue weighted by molar-refractivity contribution is 7.89. The number of aliphatic hydroxyl groups excluding tert-OH is 1. The SMILES string of the molecule is Nc1ncnc2c1ncn2C1O[C@H](COP(=O)(O)OP(=O)(O)O)[C@@H](OC(=O)NCCNC(=O)CCCCCNS(=O)(=O)c2cc(S(=O)(=O)O)ccc2C2=c3cc4c5c(c3Oc3c2cc2c6c3CCCN6CCC2)CCC[N+]=5CCC4)[C@H]1O. The largest absolute Gasteiger partial charge is 0.481 e. The summed E-state index contributed by atoms with van der Waals surface area (Å²) in [6.07, 6.45) is 2.88. The maximum atomic E-state index is 14.7. The molecule has 8 heterocycles. The monoisotopic (exact) mass is 1220 g/mol. The number of aliphatic hydroxyl groups is 1. The third-order valence-corrected chi connectivity index (χ3v) is 19.9. The molecule has 2 aromatic heterocycles. The molecule has 0 aliphatic carbocycles. The summed E-state index contributed by atoms with van der Waals surface area (Å²) >= 11 is 0. The molecular weight excluding hydrogens is 1150 g/mol. The van der Waals surface area contributed by atoms with E-state index >= 15 is 0 Å². The predicted molar refractivity (Wildman–Crippen MR) is 290 cm³/mol. The highest BCUT2D eigenvalue weighted by Gasteiger charge is 2.49. The number of imidazole rings is 1. The maximum absolute atomic E-state index is 14.7. The molecule has 5 atom stereocenters. The number of rotatable bonds is 20. The second-order valence-corrected chi connectivity index (χ2v) is 26.8. The number of aryl methyl sites for hydroxylation is 2. The van der Waals surface area contributed by atoms with Crippen LogP contribution in [0.1, 0.15) is 91.0 Å². The van der Waals surface area contributed by atoms with E-state index in [2.05, 4.69) is 56.2 Å². The van der Waals surface area contributed by atoms with Crippen LogP contribution in [-0.4, -0.2) is 143 Å². The minimum atomic E-state index is -5.51. The number of nitrogens with one attached hydrogen (secondary N) is 3. The third kappa shape index (κ3) is 11.8. The van der Waals surface area contributed by atoms with E-state index in [4.69, 9.17) is 34.3 Å². The van der Waals surface area contributed by atoms with E-state index < -0.39 is 83.8 Å². The Morgan fingerprint density at radius 2 is 1.60 bits per heavy atom. The summed E-state index contributed by atoms with van der Waals surface area (Å²) in [5, 5.41) is 18.3. The lowest BCUT2D eigenvalue weighted by Crippen LogP contribution is -2.45. The van der Waals surface area contributed by atoms with Crippen LogP contribution in [0.2, 0.25) is 0 Å². The number of alkyl carbamates (subject to hydrolysis) is 1. The first-order valence-corrected chi connectivity index (χ1v) is 32.8. The average molecular weight is 1220 g/mol. The molecule has 10 N–H and O–H groups in total. The van der Waals surface area contributed by atoms with Gasteiger partial charge in [0.05, 0.1) is 28.3 Å². The zero-order valence-corrected chi connectivity index (χ0v) is 47.4. The van der Waals surface area contributed by atoms with Gasteiger partial charge in [-0.2, -0.15) is 12.7 Å². The number of ether oxygens (including phenoxy) is 3. The summed E-state index contributed by atoms with van der Waals surface area (Å²) in [5.74, 6) is 0.962. The van der Waals surface area contributed by atoms with Crippen molar-refractivity contribution in [3.05, 3.63) is 86.9 Å². The number of carbonyl (C=O) groups excluding carboxylic acids is 2. The smallest absolute Gasteiger partial charge is 0.455 e. The van der Waals surface area contributed by atoms with Crippen molar-refractivity contribution >= 4 is 76.0 Å². The number of hydrogen-bond donors (Lipinski definition) is 9. The van der Waals surface area contributed by atoms with Crippen LogP contribution in [0.15, 0.2) is 52.8 Å². The van der Waals surface area contributed by atoms with Gasteiger partial charge in [-0.25, -0.2) is 46.6 Å². The van der Waals surface area contributed by atoms with Crippen LogP contribution < -0.4 is 45.9 Å². The maximum Gasteiger partial charge on any atom is 0.481 e. The molecule has 82 heavy (non-hydrogen) atoms. The van der Waals surface area contributed by atoms with Gasteiger partial charge in [0, 0.05) is 90.7 Å². The van der Waals surface area contributed by atoms with Crippen molar-refractivity contribution in [2.75, 3.05) is 63.1 Å². The van der Waals surface area contributed by atoms with E-state index in [1.54, 1.807) is 0 Å². The van der Waals surface area contributed by atoms with Gasteiger partial charge in [0.25, 0.3) is 10.1 Å². The quantitative estimate of drug-likeness (QED) is 0.0225. The van der Waals surface area contributed by atoms with Crippen molar-refractivity contribution in [1.82, 2.24) is 39.5 Å². The molecule has 3 aromatic carbocycles. The van der Waals surface area contributed by atoms with Crippen molar-refractivity contribution in [2.24, 2.45) is 0 Å². The number of nitrogens with zero attached hydrogens (tertiary/aromatic N) is 6. The minimum absolute atomic E-state index is 0.00720. The molecule has 0 saturated carbocycles. The van der Waals surface area contributed by atoms with E-state index in [0.29, 0.717) is 29.9 Å². The molecule has 11 rings (SSSR count). The van der Waals surface area contributed by atoms with Crippen LogP contribution in [-0.2, 0) is 78.1 Å². The first kappa shape index (κ1) is 57.8. The first-order valence-electron chi connectivity index (χ1n) is 26.8. The van der Waals surface area contributed by atoms with Gasteiger partial charge in [0.1, 0.15) is 48.6 Å². The van der Waals surface area contributed by atoms with Crippen molar-refractivity contribution in [3.63, 3.8) is 0 Å². The zero-order valence-electron chi connectivity index (χ0n) is 44.0. The molecule has 6 aliphatic heterocycles. The van der Waals surface area contributed by atoms with E-state index in [1.807, 2.05) is 0 Å². The molecular formula is C50H61N10O18P2S2+. The number of anilines is 2. The van der Waals surface area contributed by atoms with Crippen molar-refractivity contribution in [3.8, 4) is 11.5 Å². The number of unbranched alkanes of at least 4 members (excludes halogenated alkanes) is 2. The number of benzene rings is 3. The number of nitrogens with two attached hydrogens (primary N) is 1. The summed E-state index contributed by atoms with van der Waals surface area (Å²) in [6.45, 7) is 2.40. The Kier molecular flexibility index (Phi) is 16.1. The Morgan fingerprint density at radius 1 is 0.854 bits per heavy atom. The number of phosphoric acid groups is 2. The second-order valence-electron chi connectivity index (χ2n) is 20.8. The fraction of sp³-hybridized carbons (Fsp3) is 0.480. The summed E-state index contributed by atoms with van der Waals surface area (Å²) in [4.78, 5) is 67.3. The number of amides is 2. The van der Waals surface area contributed by atoms with Crippen LogP contribution in [0.4, 0.5) is 16.3 Å². The normalized spacial score (nSPS) is 21.0. The summed E-state index contributed by atoms with van der Waals surface area (Å²) < 4.78 is 122. The molecule has 1 fully saturated rings. The van der Waals surface area contributed by atoms with Gasteiger partial charge < -0.3 is 55.3 Å². The summed E-state index contributed by atoms with van der Waals surface area (Å²) in [5.41, 5.74) is 13.4. The lowest BCUT2D eigenvalue weighted by atomic mass is 9.82. The molecule has 2 unspecified atom stereocenters. The fourth-order valence-corrected chi connectivity index (χ4v) is 15.5. The highest BCUT2D eigenvalue weighted by Crippen LogP contribution is 2.58. The molecule has 32 heteroatoms. The topological polar surface area (TPSA) is 396 Å². The molecule has 5 aromatic rings. The van der Waals surface area contributed by atoms with Crippen LogP contribution >= 0.6 is 15.6 Å². The minimum Gasteiger partial charge on any atom is -0.455 e. The van der Waals surface area contributed by atoms with E-state index in [0.717, 1.165) is 123 Å². The molecule has 0 spiro atoms. The second kappa shape index (κ2) is 22.9. The number of sulfonamides is 1. The third-order valence-electron chi connectivity index (χ3n) is 15.4. The highest BCUT2D eigenvalue weighted by atomic mass is 32.2. The molecule has 28 nitrogen and oxygen atoms in total. The summed E-state index contributed by atoms with van der Waals surface area (Å²) in [6, 6.07) is 7.92. The van der Waals surface area contributed by atoms with Crippen molar-refractivity contribution in [2.45, 2.75) is 111 Å². The zero-order chi connectivity index (χ0) is 57.9. The van der Waals surface area contributed by atoms with Gasteiger partial charge in [-0.15, -0.1) is 0 Å². The van der Waals surface area contributed by atoms with E-state index in [9.17, 15) is 50.1 Å². The number of fused-ring (bicyclic) bond motifs is 5. The molecule has 0 radical (unpaired) electrons. The first-order chi connectivity index (χ1) is 39.0. The van der Waals surface area contributed by atoms with Gasteiger partial charge in [-0.3, -0.25) is 18.4 Å². The Hall–Kier alpha value is -5.98. The van der Waals surface area contributed by atoms with Crippen LogP contribution in [0.5, 0.6) is 11.5 Å². The van der Waals surface area contributed by atoms with Crippen LogP contribution in [0.3, 0.4) is 0 Å². The Labute approximate surface area is 469 Å². The van der Waals surface area contributed by atoms with Gasteiger partial charge >= 0.3 is 21.7 Å². The number of phosphoric ester groups is 1. The lowest BCUT2D eigenvalue weighted by Gasteiger charge is -2.39. The number of hydrogen-bond acceptors (Lipinski definition) is 19. The van der Waals surface area contributed by atoms with Gasteiger partial charge in [0.2, 0.25) is 21.3 Å². The van der Waals surface area contributed by atoms with Crippen molar-refractivity contribution in [1.29, 1.82) is 0 Å². The van der Waals surface area contributed by atoms with Gasteiger partial charge in [-0.1, -0.05) is 12.5 Å². The molecule has 2 amide bonds. The summed E-state index contributed by atoms with van der Waals surface area (Å²) in [7, 11) is -20.3. The number of carbonyl (C=O) groups is 2. The van der Waals surface area contributed by atoms with Gasteiger partial charge in [0.15, 0.2) is 23.8 Å². The molecule has 440 valence electrons. The Bertz CT molecular complexity index is 3880. The number of nitrogen functional groups attached to an aromatic ring is 1. The fourth-order valence-electron chi connectivity index (χ4n) is 12.0. The standard InChI is InChI=1S/C50H60N10O18P2S2/c51-47-40-48(55-26-54-47)60(27-56-40)49-43(62)46(36(75-49)25-74-80(67,68)78-79(64,65)66)77-50(63)53-17-16-52-38(61)12-2-1-3-15-57-81(69,70)37-24-30(82(71,72)73)13-14-31(37)39-34-22-28-8-4-18-58-20-6-10-32(41(28)58)44(34)76-45-33-11-7-21-59-19-5-9-29(42(33)59)23-35(39)45/h13-14,22-24,26-27,36,43,46,49,57,62H,1-12,15-21,25H2,(H7-,51,52,53,54,55,61,63,64,65,66,67,68,71,72,73)/p+1/t36-,43-,46-,49?/m1/s1. The number of aromatic nitrogens is 4. The molecule has 6 aliphatic rings. The molecule has 1 saturated heterocycles. The van der Waals surface area contributed by atoms with E-state index in [-0.39, 0.29) is 59.9 Å². The van der Waals surface area contributed by atoms with Crippen molar-refractivity contribution < 1.29 is 82.9 Å². The predicted octanol–water partition coefficient (Wildman–Crippen LogP) is 1.33. The Balaban J connectivity index is 0.733. The van der Waals surface area contributed by atoms with Gasteiger partial charge in [-0.05, 0) is 81.2 Å². The molecule has 0 bridgehead atoms. The Morgan fingerprint density at radius 3 is 2.38 bits per heavy atom. The van der Waals surface area contributed by atoms with Crippen LogP contribution in [0.25, 0.3) is 16.7 Å².